The van der Waals surface area contributed by atoms with Gasteiger partial charge in [0.2, 0.25) is 0 Å². The van der Waals surface area contributed by atoms with Crippen LogP contribution >= 0.6 is 23.1 Å². The molecule has 2 aromatic rings. The van der Waals surface area contributed by atoms with Crippen LogP contribution in [0.2, 0.25) is 0 Å². The second-order valence-corrected chi connectivity index (χ2v) is 10.6. The predicted octanol–water partition coefficient (Wildman–Crippen LogP) is 5.31. The van der Waals surface area contributed by atoms with Crippen molar-refractivity contribution in [2.24, 2.45) is 0 Å². The number of thiophene rings is 1. The number of hydrogen-bond acceptors (Lipinski definition) is 8. The largest absolute Gasteiger partial charge is 0.461 e. The number of carbonyl (C=O) groups excluding carboxylic acids is 2. The Morgan fingerprint density at radius 2 is 2.03 bits per heavy atom. The molecule has 0 saturated heterocycles. The first-order chi connectivity index (χ1) is 16.4. The number of ketones is 1. The minimum atomic E-state index is -0.625. The summed E-state index contributed by atoms with van der Waals surface area (Å²) < 4.78 is 5.56. The third-order valence-electron chi connectivity index (χ3n) is 6.10. The van der Waals surface area contributed by atoms with Crippen molar-refractivity contribution in [1.82, 2.24) is 5.32 Å². The van der Waals surface area contributed by atoms with Crippen molar-refractivity contribution >= 4 is 40.5 Å². The summed E-state index contributed by atoms with van der Waals surface area (Å²) in [5.74, 6) is 0.602. The third kappa shape index (κ3) is 4.95. The number of hydrogen-bond donors (Lipinski definition) is 1. The van der Waals surface area contributed by atoms with Gasteiger partial charge in [-0.25, -0.2) is 4.79 Å². The molecule has 9 heteroatoms. The maximum absolute atomic E-state index is 13.5. The average Bonchev–Trinajstić information content (AvgIpc) is 3.36. The molecule has 2 atom stereocenters. The Morgan fingerprint density at radius 3 is 2.68 bits per heavy atom. The molecule has 0 amide bonds. The van der Waals surface area contributed by atoms with Crippen LogP contribution in [-0.2, 0) is 14.3 Å². The van der Waals surface area contributed by atoms with Crippen LogP contribution < -0.4 is 5.32 Å². The molecule has 2 aliphatic rings. The predicted molar refractivity (Wildman–Crippen MR) is 134 cm³/mol. The fourth-order valence-corrected chi connectivity index (χ4v) is 5.89. The van der Waals surface area contributed by atoms with Crippen LogP contribution in [0.3, 0.4) is 0 Å². The summed E-state index contributed by atoms with van der Waals surface area (Å²) in [6.07, 6.45) is 1.02. The van der Waals surface area contributed by atoms with Gasteiger partial charge in [-0.3, -0.25) is 14.9 Å². The molecule has 34 heavy (non-hydrogen) atoms. The summed E-state index contributed by atoms with van der Waals surface area (Å²) in [6.45, 7) is 4.14. The molecule has 4 rings (SSSR count). The lowest BCUT2D eigenvalue weighted by Crippen LogP contribution is -2.36. The normalized spacial score (nSPS) is 20.1. The van der Waals surface area contributed by atoms with Gasteiger partial charge in [-0.05, 0) is 36.1 Å². The number of nitro benzene ring substituents is 1. The minimum absolute atomic E-state index is 0.0187. The highest BCUT2D eigenvalue weighted by molar-refractivity contribution is 7.99. The number of esters is 1. The Balaban J connectivity index is 1.72. The first-order valence-electron chi connectivity index (χ1n) is 11.2. The average molecular weight is 499 g/mol. The lowest BCUT2D eigenvalue weighted by molar-refractivity contribution is -0.384. The van der Waals surface area contributed by atoms with Crippen LogP contribution in [-0.4, -0.2) is 34.8 Å². The Labute approximate surface area is 206 Å². The van der Waals surface area contributed by atoms with Crippen molar-refractivity contribution in [3.63, 3.8) is 0 Å². The fraction of sp³-hybridized carbons (Fsp3) is 0.360. The number of nitrogens with one attached hydrogen (secondary N) is 1. The number of rotatable bonds is 8. The van der Waals surface area contributed by atoms with Crippen LogP contribution in [0, 0.1) is 10.1 Å². The molecule has 2 heterocycles. The highest BCUT2D eigenvalue weighted by atomic mass is 32.2. The first-order valence-corrected chi connectivity index (χ1v) is 13.2. The maximum atomic E-state index is 13.5. The van der Waals surface area contributed by atoms with Crippen molar-refractivity contribution in [2.45, 2.75) is 38.5 Å². The molecule has 0 fully saturated rings. The Morgan fingerprint density at radius 1 is 1.26 bits per heavy atom. The van der Waals surface area contributed by atoms with Crippen LogP contribution in [0.15, 0.2) is 64.3 Å². The van der Waals surface area contributed by atoms with Crippen molar-refractivity contribution < 1.29 is 19.2 Å². The number of Topliss-reactive ketones (excluding diaryl/α,β-unsaturated/α-hetero) is 1. The molecule has 0 saturated carbocycles. The SMILES string of the molecule is CCSCCOC(=O)C1=C(C)NC2=C(C(=O)C[C@H](c3cccs3)C2)[C@@H]1c1ccc([N+](=O)[O-])cc1. The summed E-state index contributed by atoms with van der Waals surface area (Å²) in [5.41, 5.74) is 3.03. The monoisotopic (exact) mass is 498 g/mol. The molecule has 0 spiro atoms. The molecule has 1 aromatic carbocycles. The fourth-order valence-electron chi connectivity index (χ4n) is 4.57. The molecule has 1 N–H and O–H groups in total. The van der Waals surface area contributed by atoms with E-state index in [9.17, 15) is 19.7 Å². The highest BCUT2D eigenvalue weighted by Gasteiger charge is 2.41. The van der Waals surface area contributed by atoms with Gasteiger partial charge in [0.15, 0.2) is 5.78 Å². The molecular weight excluding hydrogens is 472 g/mol. The zero-order valence-electron chi connectivity index (χ0n) is 19.0. The van der Waals surface area contributed by atoms with E-state index < -0.39 is 16.8 Å². The number of dihydropyridines is 1. The summed E-state index contributed by atoms with van der Waals surface area (Å²) in [5, 5.41) is 16.5. The Kier molecular flexibility index (Phi) is 7.53. The second kappa shape index (κ2) is 10.6. The van der Waals surface area contributed by atoms with Crippen LogP contribution in [0.4, 0.5) is 5.69 Å². The van der Waals surface area contributed by atoms with E-state index in [-0.39, 0.29) is 24.0 Å². The van der Waals surface area contributed by atoms with E-state index in [0.717, 1.165) is 16.3 Å². The number of allylic oxidation sites excluding steroid dienone is 3. The molecule has 1 aromatic heterocycles. The summed E-state index contributed by atoms with van der Waals surface area (Å²) in [7, 11) is 0. The topological polar surface area (TPSA) is 98.5 Å². The Bertz CT molecular complexity index is 1150. The van der Waals surface area contributed by atoms with Gasteiger partial charge in [-0.1, -0.05) is 25.1 Å². The van der Waals surface area contributed by atoms with Crippen LogP contribution in [0.5, 0.6) is 0 Å². The smallest absolute Gasteiger partial charge is 0.336 e. The Hall–Kier alpha value is -2.91. The van der Waals surface area contributed by atoms with Crippen LogP contribution in [0.1, 0.15) is 49.0 Å². The number of carbonyl (C=O) groups is 2. The van der Waals surface area contributed by atoms with E-state index in [1.165, 1.54) is 12.1 Å². The second-order valence-electron chi connectivity index (χ2n) is 8.21. The van der Waals surface area contributed by atoms with E-state index in [0.29, 0.717) is 41.0 Å². The first kappa shape index (κ1) is 24.2. The molecule has 178 valence electrons. The van der Waals surface area contributed by atoms with Gasteiger partial charge in [0, 0.05) is 58.0 Å². The maximum Gasteiger partial charge on any atom is 0.336 e. The van der Waals surface area contributed by atoms with E-state index in [2.05, 4.69) is 5.32 Å². The number of nitrogens with zero attached hydrogens (tertiary/aromatic N) is 1. The number of non-ortho nitro benzene ring substituents is 1. The van der Waals surface area contributed by atoms with Gasteiger partial charge in [-0.15, -0.1) is 11.3 Å². The molecule has 0 radical (unpaired) electrons. The zero-order valence-corrected chi connectivity index (χ0v) is 20.7. The molecule has 0 unspecified atom stereocenters. The van der Waals surface area contributed by atoms with Gasteiger partial charge in [0.25, 0.3) is 5.69 Å². The van der Waals surface area contributed by atoms with Gasteiger partial charge < -0.3 is 10.1 Å². The van der Waals surface area contributed by atoms with Gasteiger partial charge in [0.05, 0.1) is 10.5 Å². The number of ether oxygens (including phenoxy) is 1. The van der Waals surface area contributed by atoms with Gasteiger partial charge in [-0.2, -0.15) is 11.8 Å². The summed E-state index contributed by atoms with van der Waals surface area (Å²) >= 11 is 3.32. The molecule has 7 nitrogen and oxygen atoms in total. The zero-order chi connectivity index (χ0) is 24.2. The number of benzene rings is 1. The molecular formula is C25H26N2O5S2. The lowest BCUT2D eigenvalue weighted by Gasteiger charge is -2.36. The highest BCUT2D eigenvalue weighted by Crippen LogP contribution is 2.46. The van der Waals surface area contributed by atoms with Crippen molar-refractivity contribution in [1.29, 1.82) is 0 Å². The third-order valence-corrected chi connectivity index (χ3v) is 7.99. The van der Waals surface area contributed by atoms with Crippen molar-refractivity contribution in [2.75, 3.05) is 18.1 Å². The van der Waals surface area contributed by atoms with Crippen molar-refractivity contribution in [3.8, 4) is 0 Å². The summed E-state index contributed by atoms with van der Waals surface area (Å²) in [4.78, 5) is 38.5. The van der Waals surface area contributed by atoms with Gasteiger partial charge in [0.1, 0.15) is 6.61 Å². The van der Waals surface area contributed by atoms with E-state index in [4.69, 9.17) is 4.74 Å². The lowest BCUT2D eigenvalue weighted by atomic mass is 9.72. The van der Waals surface area contributed by atoms with E-state index in [1.54, 1.807) is 35.2 Å². The molecule has 1 aliphatic carbocycles. The van der Waals surface area contributed by atoms with E-state index in [1.807, 2.05) is 31.4 Å². The molecule has 1 aliphatic heterocycles. The summed E-state index contributed by atoms with van der Waals surface area (Å²) in [6, 6.07) is 10.1. The van der Waals surface area contributed by atoms with Crippen LogP contribution in [0.25, 0.3) is 0 Å². The van der Waals surface area contributed by atoms with E-state index >= 15 is 0 Å². The minimum Gasteiger partial charge on any atom is -0.461 e. The molecule has 0 bridgehead atoms. The van der Waals surface area contributed by atoms with Gasteiger partial charge >= 0.3 is 5.97 Å². The number of nitro groups is 1. The standard InChI is InChI=1S/C25H26N2O5S2/c1-3-33-12-10-32-25(29)22-15(2)26-19-13-17(21-5-4-11-34-21)14-20(28)24(19)23(22)16-6-8-18(9-7-16)27(30)31/h4-9,11,17,23,26H,3,10,12-14H2,1-2H3/t17-,23-/m1/s1. The quantitative estimate of drug-likeness (QED) is 0.228. The number of thioether (sulfide) groups is 1. The van der Waals surface area contributed by atoms with Crippen molar-refractivity contribution in [3.05, 3.63) is 84.9 Å².